The van der Waals surface area contributed by atoms with E-state index in [2.05, 4.69) is 28.7 Å². The molecule has 0 radical (unpaired) electrons. The molecule has 2 atom stereocenters. The van der Waals surface area contributed by atoms with Crippen LogP contribution in [-0.4, -0.2) is 27.0 Å². The summed E-state index contributed by atoms with van der Waals surface area (Å²) in [5.41, 5.74) is 12.3. The monoisotopic (exact) mass is 235 g/mol. The molecule has 1 aromatic rings. The van der Waals surface area contributed by atoms with Crippen molar-refractivity contribution in [3.63, 3.8) is 0 Å². The van der Waals surface area contributed by atoms with E-state index in [1.54, 1.807) is 6.20 Å². The summed E-state index contributed by atoms with van der Waals surface area (Å²) in [5.74, 6) is 0.744. The SMILES string of the molecule is CC1CCCC(C)N1Cc1cnc(N)nc1N. The van der Waals surface area contributed by atoms with E-state index in [1.165, 1.54) is 19.3 Å². The highest BCUT2D eigenvalue weighted by Gasteiger charge is 2.25. The average molecular weight is 235 g/mol. The van der Waals surface area contributed by atoms with Crippen molar-refractivity contribution >= 4 is 11.8 Å². The molecule has 0 aromatic carbocycles. The van der Waals surface area contributed by atoms with E-state index in [0.717, 1.165) is 12.1 Å². The third kappa shape index (κ3) is 2.66. The first-order chi connectivity index (χ1) is 8.08. The van der Waals surface area contributed by atoms with Gasteiger partial charge < -0.3 is 11.5 Å². The summed E-state index contributed by atoms with van der Waals surface area (Å²) >= 11 is 0. The first kappa shape index (κ1) is 12.1. The number of rotatable bonds is 2. The van der Waals surface area contributed by atoms with Crippen molar-refractivity contribution in [3.8, 4) is 0 Å². The summed E-state index contributed by atoms with van der Waals surface area (Å²) in [6.45, 7) is 5.35. The average Bonchev–Trinajstić information content (AvgIpc) is 2.26. The molecule has 1 fully saturated rings. The molecule has 1 aromatic heterocycles. The Morgan fingerprint density at radius 2 is 1.94 bits per heavy atom. The van der Waals surface area contributed by atoms with Gasteiger partial charge in [-0.25, -0.2) is 4.98 Å². The van der Waals surface area contributed by atoms with E-state index in [9.17, 15) is 0 Å². The zero-order valence-corrected chi connectivity index (χ0v) is 10.6. The van der Waals surface area contributed by atoms with Crippen LogP contribution in [0.3, 0.4) is 0 Å². The minimum atomic E-state index is 0.242. The van der Waals surface area contributed by atoms with Crippen molar-refractivity contribution in [3.05, 3.63) is 11.8 Å². The lowest BCUT2D eigenvalue weighted by molar-refractivity contribution is 0.0953. The molecule has 0 aliphatic carbocycles. The highest BCUT2D eigenvalue weighted by atomic mass is 15.2. The van der Waals surface area contributed by atoms with Crippen LogP contribution in [-0.2, 0) is 6.54 Å². The lowest BCUT2D eigenvalue weighted by Crippen LogP contribution is -2.43. The van der Waals surface area contributed by atoms with Crippen molar-refractivity contribution in [2.45, 2.75) is 51.7 Å². The molecule has 0 saturated carbocycles. The normalized spacial score (nSPS) is 26.0. The zero-order chi connectivity index (χ0) is 12.4. The number of anilines is 2. The maximum absolute atomic E-state index is 5.87. The Labute approximate surface area is 102 Å². The van der Waals surface area contributed by atoms with Crippen LogP contribution in [0.15, 0.2) is 6.20 Å². The van der Waals surface area contributed by atoms with Gasteiger partial charge in [0.2, 0.25) is 5.95 Å². The number of hydrogen-bond donors (Lipinski definition) is 2. The summed E-state index contributed by atoms with van der Waals surface area (Å²) in [4.78, 5) is 10.5. The van der Waals surface area contributed by atoms with Gasteiger partial charge in [0.05, 0.1) is 0 Å². The number of nitrogens with two attached hydrogens (primary N) is 2. The van der Waals surface area contributed by atoms with E-state index in [1.807, 2.05) is 0 Å². The van der Waals surface area contributed by atoms with Crippen LogP contribution in [0.5, 0.6) is 0 Å². The molecule has 4 N–H and O–H groups in total. The van der Waals surface area contributed by atoms with E-state index < -0.39 is 0 Å². The maximum Gasteiger partial charge on any atom is 0.221 e. The van der Waals surface area contributed by atoms with E-state index >= 15 is 0 Å². The first-order valence-electron chi connectivity index (χ1n) is 6.20. The maximum atomic E-state index is 5.87. The number of nitrogen functional groups attached to an aromatic ring is 2. The lowest BCUT2D eigenvalue weighted by atomic mass is 9.97. The van der Waals surface area contributed by atoms with E-state index in [4.69, 9.17) is 11.5 Å². The topological polar surface area (TPSA) is 81.1 Å². The second kappa shape index (κ2) is 4.87. The first-order valence-corrected chi connectivity index (χ1v) is 6.20. The molecular formula is C12H21N5. The number of hydrogen-bond acceptors (Lipinski definition) is 5. The molecule has 1 aliphatic heterocycles. The van der Waals surface area contributed by atoms with Gasteiger partial charge >= 0.3 is 0 Å². The summed E-state index contributed by atoms with van der Waals surface area (Å²) in [5, 5.41) is 0. The highest BCUT2D eigenvalue weighted by molar-refractivity contribution is 5.41. The van der Waals surface area contributed by atoms with E-state index in [0.29, 0.717) is 17.9 Å². The van der Waals surface area contributed by atoms with Gasteiger partial charge in [0.15, 0.2) is 0 Å². The second-order valence-electron chi connectivity index (χ2n) is 4.94. The molecule has 2 heterocycles. The van der Waals surface area contributed by atoms with Gasteiger partial charge in [0.1, 0.15) is 5.82 Å². The van der Waals surface area contributed by atoms with Crippen LogP contribution in [0, 0.1) is 0 Å². The number of nitrogens with zero attached hydrogens (tertiary/aromatic N) is 3. The third-order valence-electron chi connectivity index (χ3n) is 3.65. The van der Waals surface area contributed by atoms with Crippen LogP contribution in [0.1, 0.15) is 38.7 Å². The minimum Gasteiger partial charge on any atom is -0.383 e. The smallest absolute Gasteiger partial charge is 0.221 e. The Hall–Kier alpha value is -1.36. The molecule has 1 aliphatic rings. The lowest BCUT2D eigenvalue weighted by Gasteiger charge is -2.39. The van der Waals surface area contributed by atoms with Gasteiger partial charge in [-0.15, -0.1) is 0 Å². The van der Waals surface area contributed by atoms with Crippen LogP contribution in [0.2, 0.25) is 0 Å². The fraction of sp³-hybridized carbons (Fsp3) is 0.667. The second-order valence-corrected chi connectivity index (χ2v) is 4.94. The number of likely N-dealkylation sites (tertiary alicyclic amines) is 1. The Bertz CT molecular complexity index is 382. The molecule has 1 saturated heterocycles. The quantitative estimate of drug-likeness (QED) is 0.810. The van der Waals surface area contributed by atoms with Crippen molar-refractivity contribution in [1.82, 2.24) is 14.9 Å². The zero-order valence-electron chi connectivity index (χ0n) is 10.6. The highest BCUT2D eigenvalue weighted by Crippen LogP contribution is 2.25. The third-order valence-corrected chi connectivity index (χ3v) is 3.65. The summed E-state index contributed by atoms with van der Waals surface area (Å²) in [7, 11) is 0. The van der Waals surface area contributed by atoms with Gasteiger partial charge in [-0.1, -0.05) is 6.42 Å². The molecule has 0 bridgehead atoms. The predicted molar refractivity (Wildman–Crippen MR) is 69.2 cm³/mol. The van der Waals surface area contributed by atoms with Crippen LogP contribution < -0.4 is 11.5 Å². The Balaban J connectivity index is 2.13. The Morgan fingerprint density at radius 3 is 2.53 bits per heavy atom. The van der Waals surface area contributed by atoms with Crippen LogP contribution in [0.4, 0.5) is 11.8 Å². The Kier molecular flexibility index (Phi) is 3.47. The largest absolute Gasteiger partial charge is 0.383 e. The Morgan fingerprint density at radius 1 is 1.29 bits per heavy atom. The molecule has 0 amide bonds. The molecular weight excluding hydrogens is 214 g/mol. The van der Waals surface area contributed by atoms with Gasteiger partial charge in [0.25, 0.3) is 0 Å². The molecule has 5 heteroatoms. The van der Waals surface area contributed by atoms with Crippen molar-refractivity contribution in [2.24, 2.45) is 0 Å². The molecule has 94 valence electrons. The van der Waals surface area contributed by atoms with Crippen molar-refractivity contribution < 1.29 is 0 Å². The molecule has 17 heavy (non-hydrogen) atoms. The molecule has 0 spiro atoms. The molecule has 2 unspecified atom stereocenters. The fourth-order valence-corrected chi connectivity index (χ4v) is 2.54. The molecule has 5 nitrogen and oxygen atoms in total. The van der Waals surface area contributed by atoms with Gasteiger partial charge in [-0.3, -0.25) is 4.90 Å². The standard InChI is InChI=1S/C12H21N5/c1-8-4-3-5-9(2)17(8)7-10-6-15-12(14)16-11(10)13/h6,8-9H,3-5,7H2,1-2H3,(H4,13,14,15,16). The summed E-state index contributed by atoms with van der Waals surface area (Å²) < 4.78 is 0. The van der Waals surface area contributed by atoms with Gasteiger partial charge in [0, 0.05) is 30.4 Å². The fourth-order valence-electron chi connectivity index (χ4n) is 2.54. The van der Waals surface area contributed by atoms with Crippen LogP contribution >= 0.6 is 0 Å². The number of aromatic nitrogens is 2. The van der Waals surface area contributed by atoms with Crippen molar-refractivity contribution in [1.29, 1.82) is 0 Å². The van der Waals surface area contributed by atoms with Gasteiger partial charge in [-0.05, 0) is 26.7 Å². The van der Waals surface area contributed by atoms with Crippen molar-refractivity contribution in [2.75, 3.05) is 11.5 Å². The summed E-state index contributed by atoms with van der Waals surface area (Å²) in [6.07, 6.45) is 5.55. The summed E-state index contributed by atoms with van der Waals surface area (Å²) in [6, 6.07) is 1.19. The number of piperidine rings is 1. The van der Waals surface area contributed by atoms with E-state index in [-0.39, 0.29) is 5.95 Å². The predicted octanol–water partition coefficient (Wildman–Crippen LogP) is 1.40. The van der Waals surface area contributed by atoms with Gasteiger partial charge in [-0.2, -0.15) is 4.98 Å². The van der Waals surface area contributed by atoms with Crippen LogP contribution in [0.25, 0.3) is 0 Å². The molecule has 2 rings (SSSR count). The minimum absolute atomic E-state index is 0.242.